The van der Waals surface area contributed by atoms with Gasteiger partial charge in [0.25, 0.3) is 0 Å². The normalized spacial score (nSPS) is 10.2. The van der Waals surface area contributed by atoms with E-state index in [4.69, 9.17) is 10.1 Å². The Labute approximate surface area is 77.0 Å². The Kier molecular flexibility index (Phi) is 3.09. The third kappa shape index (κ3) is 2.34. The number of hydrogen-bond donors (Lipinski definition) is 0. The topological polar surface area (TPSA) is 50.3 Å². The van der Waals surface area contributed by atoms with E-state index < -0.39 is 0 Å². The summed E-state index contributed by atoms with van der Waals surface area (Å²) in [5.41, 5.74) is 1.48. The number of rotatable bonds is 3. The Morgan fingerprint density at radius 3 is 3.08 bits per heavy atom. The summed E-state index contributed by atoms with van der Waals surface area (Å²) in [6.45, 7) is 2.41. The van der Waals surface area contributed by atoms with Crippen LogP contribution in [0.3, 0.4) is 0 Å². The average Bonchev–Trinajstić information content (AvgIpc) is 2.47. The molecule has 13 heavy (non-hydrogen) atoms. The zero-order valence-electron chi connectivity index (χ0n) is 7.69. The van der Waals surface area contributed by atoms with Gasteiger partial charge in [-0.15, -0.1) is 0 Å². The van der Waals surface area contributed by atoms with Crippen molar-refractivity contribution in [2.24, 2.45) is 12.2 Å². The minimum absolute atomic E-state index is 0.550. The lowest BCUT2D eigenvalue weighted by molar-refractivity contribution is 0.160. The minimum Gasteiger partial charge on any atom is -0.396 e. The van der Waals surface area contributed by atoms with Crippen LogP contribution in [-0.4, -0.2) is 17.4 Å². The van der Waals surface area contributed by atoms with Crippen LogP contribution in [-0.2, 0) is 11.9 Å². The van der Waals surface area contributed by atoms with Gasteiger partial charge in [0.1, 0.15) is 18.4 Å². The second-order valence-electron chi connectivity index (χ2n) is 2.53. The summed E-state index contributed by atoms with van der Waals surface area (Å²) in [7, 11) is 1.82. The molecule has 0 unspecified atom stereocenters. The highest BCUT2D eigenvalue weighted by molar-refractivity contribution is 5.79. The van der Waals surface area contributed by atoms with Crippen LogP contribution in [0.4, 0.5) is 0 Å². The molecule has 0 aliphatic heterocycles. The monoisotopic (exact) mass is 177 g/mol. The van der Waals surface area contributed by atoms with E-state index in [2.05, 4.69) is 11.2 Å². The second kappa shape index (κ2) is 4.31. The molecule has 0 amide bonds. The third-order valence-electron chi connectivity index (χ3n) is 1.55. The van der Waals surface area contributed by atoms with Crippen LogP contribution < -0.4 is 0 Å². The molecule has 0 saturated carbocycles. The molecule has 0 atom stereocenters. The van der Waals surface area contributed by atoms with Gasteiger partial charge in [-0.3, -0.25) is 0 Å². The van der Waals surface area contributed by atoms with Crippen molar-refractivity contribution in [3.63, 3.8) is 0 Å². The summed E-state index contributed by atoms with van der Waals surface area (Å²) in [5.74, 6) is 0. The molecule has 1 rings (SSSR count). The standard InChI is InChI=1S/C9H11N3O/c1-3-13-11-6-8-4-9(5-10)12(2)7-8/h4,6-7H,3H2,1-2H3/b11-6+. The number of nitrogens with zero attached hydrogens (tertiary/aromatic N) is 3. The van der Waals surface area contributed by atoms with Gasteiger partial charge < -0.3 is 9.40 Å². The Hall–Kier alpha value is -1.76. The summed E-state index contributed by atoms with van der Waals surface area (Å²) in [6.07, 6.45) is 3.41. The van der Waals surface area contributed by atoms with E-state index in [0.717, 1.165) is 5.56 Å². The zero-order chi connectivity index (χ0) is 9.68. The largest absolute Gasteiger partial charge is 0.396 e. The van der Waals surface area contributed by atoms with E-state index in [0.29, 0.717) is 12.3 Å². The first-order valence-corrected chi connectivity index (χ1v) is 3.99. The summed E-state index contributed by atoms with van der Waals surface area (Å²) >= 11 is 0. The van der Waals surface area contributed by atoms with E-state index in [1.165, 1.54) is 0 Å². The lowest BCUT2D eigenvalue weighted by Gasteiger charge is -1.88. The van der Waals surface area contributed by atoms with Crippen molar-refractivity contribution in [1.82, 2.24) is 4.57 Å². The van der Waals surface area contributed by atoms with E-state index in [1.54, 1.807) is 16.8 Å². The second-order valence-corrected chi connectivity index (χ2v) is 2.53. The van der Waals surface area contributed by atoms with Gasteiger partial charge in [-0.25, -0.2) is 0 Å². The first-order chi connectivity index (χ1) is 6.27. The molecule has 1 aromatic rings. The molecular formula is C9H11N3O. The number of aryl methyl sites for hydroxylation is 1. The quantitative estimate of drug-likeness (QED) is 0.515. The van der Waals surface area contributed by atoms with Gasteiger partial charge in [-0.2, -0.15) is 5.26 Å². The maximum Gasteiger partial charge on any atom is 0.120 e. The summed E-state index contributed by atoms with van der Waals surface area (Å²) in [4.78, 5) is 4.80. The number of aromatic nitrogens is 1. The minimum atomic E-state index is 0.550. The van der Waals surface area contributed by atoms with Crippen molar-refractivity contribution in [1.29, 1.82) is 5.26 Å². The molecule has 4 heteroatoms. The fraction of sp³-hybridized carbons (Fsp3) is 0.333. The SMILES string of the molecule is CCO/N=C/c1cc(C#N)n(C)c1. The van der Waals surface area contributed by atoms with Gasteiger partial charge in [0.2, 0.25) is 0 Å². The summed E-state index contributed by atoms with van der Waals surface area (Å²) < 4.78 is 1.74. The number of oxime groups is 1. The van der Waals surface area contributed by atoms with Crippen LogP contribution in [0.2, 0.25) is 0 Å². The molecule has 0 radical (unpaired) electrons. The summed E-state index contributed by atoms with van der Waals surface area (Å²) in [5, 5.41) is 12.4. The van der Waals surface area contributed by atoms with Crippen LogP contribution in [0.5, 0.6) is 0 Å². The molecule has 0 aliphatic carbocycles. The van der Waals surface area contributed by atoms with Gasteiger partial charge in [0, 0.05) is 18.8 Å². The lowest BCUT2D eigenvalue weighted by Crippen LogP contribution is -1.87. The summed E-state index contributed by atoms with van der Waals surface area (Å²) in [6, 6.07) is 3.82. The first kappa shape index (κ1) is 9.33. The molecule has 0 saturated heterocycles. The molecule has 0 aliphatic rings. The molecule has 0 fully saturated rings. The van der Waals surface area contributed by atoms with E-state index in [1.807, 2.05) is 20.2 Å². The molecule has 0 spiro atoms. The van der Waals surface area contributed by atoms with E-state index >= 15 is 0 Å². The average molecular weight is 177 g/mol. The Balaban J connectivity index is 2.75. The predicted molar refractivity (Wildman–Crippen MR) is 49.3 cm³/mol. The van der Waals surface area contributed by atoms with Crippen LogP contribution in [0, 0.1) is 11.3 Å². The number of nitriles is 1. The van der Waals surface area contributed by atoms with Gasteiger partial charge in [0.05, 0.1) is 6.21 Å². The Morgan fingerprint density at radius 1 is 1.77 bits per heavy atom. The Morgan fingerprint density at radius 2 is 2.54 bits per heavy atom. The van der Waals surface area contributed by atoms with Crippen molar-refractivity contribution in [3.8, 4) is 6.07 Å². The highest BCUT2D eigenvalue weighted by atomic mass is 16.6. The first-order valence-electron chi connectivity index (χ1n) is 3.99. The van der Waals surface area contributed by atoms with Crippen molar-refractivity contribution in [3.05, 3.63) is 23.5 Å². The number of hydrogen-bond acceptors (Lipinski definition) is 3. The Bertz CT molecular complexity index is 346. The zero-order valence-corrected chi connectivity index (χ0v) is 7.69. The lowest BCUT2D eigenvalue weighted by atomic mass is 10.3. The van der Waals surface area contributed by atoms with Crippen LogP contribution in [0.15, 0.2) is 17.4 Å². The highest BCUT2D eigenvalue weighted by Crippen LogP contribution is 2.03. The van der Waals surface area contributed by atoms with Crippen molar-refractivity contribution in [2.45, 2.75) is 6.92 Å². The van der Waals surface area contributed by atoms with Crippen LogP contribution >= 0.6 is 0 Å². The van der Waals surface area contributed by atoms with E-state index in [-0.39, 0.29) is 0 Å². The van der Waals surface area contributed by atoms with Gasteiger partial charge >= 0.3 is 0 Å². The molecule has 1 heterocycles. The molecule has 1 aromatic heterocycles. The maximum atomic E-state index is 8.66. The van der Waals surface area contributed by atoms with Crippen molar-refractivity contribution >= 4 is 6.21 Å². The van der Waals surface area contributed by atoms with Gasteiger partial charge in [-0.05, 0) is 13.0 Å². The molecule has 0 N–H and O–H groups in total. The van der Waals surface area contributed by atoms with Crippen LogP contribution in [0.1, 0.15) is 18.2 Å². The van der Waals surface area contributed by atoms with E-state index in [9.17, 15) is 0 Å². The molecule has 0 aromatic carbocycles. The van der Waals surface area contributed by atoms with Gasteiger partial charge in [0.15, 0.2) is 0 Å². The smallest absolute Gasteiger partial charge is 0.120 e. The fourth-order valence-corrected chi connectivity index (χ4v) is 0.945. The molecular weight excluding hydrogens is 166 g/mol. The molecule has 4 nitrogen and oxygen atoms in total. The van der Waals surface area contributed by atoms with Crippen molar-refractivity contribution < 1.29 is 4.84 Å². The van der Waals surface area contributed by atoms with Crippen molar-refractivity contribution in [2.75, 3.05) is 6.61 Å². The highest BCUT2D eigenvalue weighted by Gasteiger charge is 1.98. The third-order valence-corrected chi connectivity index (χ3v) is 1.55. The molecule has 68 valence electrons. The fourth-order valence-electron chi connectivity index (χ4n) is 0.945. The van der Waals surface area contributed by atoms with Crippen LogP contribution in [0.25, 0.3) is 0 Å². The predicted octanol–water partition coefficient (Wildman–Crippen LogP) is 1.27. The maximum absolute atomic E-state index is 8.66. The molecule has 0 bridgehead atoms. The van der Waals surface area contributed by atoms with Gasteiger partial charge in [-0.1, -0.05) is 5.16 Å².